The molecule has 1 unspecified atom stereocenters. The highest BCUT2D eigenvalue weighted by molar-refractivity contribution is 4.99. The van der Waals surface area contributed by atoms with Gasteiger partial charge in [0.05, 0.1) is 6.20 Å². The Kier molecular flexibility index (Phi) is 3.74. The van der Waals surface area contributed by atoms with E-state index in [9.17, 15) is 0 Å². The van der Waals surface area contributed by atoms with Gasteiger partial charge in [-0.2, -0.15) is 0 Å². The summed E-state index contributed by atoms with van der Waals surface area (Å²) < 4.78 is 5.49. The van der Waals surface area contributed by atoms with Gasteiger partial charge in [-0.05, 0) is 19.8 Å². The lowest BCUT2D eigenvalue weighted by Crippen LogP contribution is -1.97. The highest BCUT2D eigenvalue weighted by Crippen LogP contribution is 2.24. The first-order valence-corrected chi connectivity index (χ1v) is 4.81. The van der Waals surface area contributed by atoms with E-state index in [1.165, 1.54) is 0 Å². The zero-order valence-corrected chi connectivity index (χ0v) is 8.42. The zero-order chi connectivity index (χ0) is 9.68. The Morgan fingerprint density at radius 1 is 1.69 bits per heavy atom. The molecule has 0 amide bonds. The van der Waals surface area contributed by atoms with E-state index in [4.69, 9.17) is 4.42 Å². The molecule has 0 aliphatic carbocycles. The van der Waals surface area contributed by atoms with Gasteiger partial charge >= 0.3 is 0 Å². The summed E-state index contributed by atoms with van der Waals surface area (Å²) in [6, 6.07) is 0. The first kappa shape index (κ1) is 10.0. The van der Waals surface area contributed by atoms with Crippen molar-refractivity contribution in [1.29, 1.82) is 0 Å². The average molecular weight is 179 g/mol. The van der Waals surface area contributed by atoms with Crippen LogP contribution in [-0.4, -0.2) is 4.98 Å². The van der Waals surface area contributed by atoms with Gasteiger partial charge in [0, 0.05) is 5.92 Å². The van der Waals surface area contributed by atoms with Gasteiger partial charge in [0.1, 0.15) is 5.76 Å². The van der Waals surface area contributed by atoms with Crippen molar-refractivity contribution in [3.8, 4) is 0 Å². The van der Waals surface area contributed by atoms with Crippen molar-refractivity contribution in [3.05, 3.63) is 30.5 Å². The van der Waals surface area contributed by atoms with Crippen molar-refractivity contribution in [2.24, 2.45) is 0 Å². The Labute approximate surface area is 79.7 Å². The van der Waals surface area contributed by atoms with Crippen LogP contribution in [0.5, 0.6) is 0 Å². The molecule has 0 bridgehead atoms. The lowest BCUT2D eigenvalue weighted by molar-refractivity contribution is 0.414. The second kappa shape index (κ2) is 4.85. The summed E-state index contributed by atoms with van der Waals surface area (Å²) in [5.74, 6) is 2.16. The molecular weight excluding hydrogens is 162 g/mol. The molecule has 1 aromatic heterocycles. The minimum atomic E-state index is 0.413. The van der Waals surface area contributed by atoms with Gasteiger partial charge in [0.25, 0.3) is 0 Å². The van der Waals surface area contributed by atoms with E-state index in [2.05, 4.69) is 18.5 Å². The molecule has 1 heterocycles. The van der Waals surface area contributed by atoms with E-state index in [1.54, 1.807) is 6.20 Å². The zero-order valence-electron chi connectivity index (χ0n) is 8.42. The third-order valence-electron chi connectivity index (χ3n) is 2.08. The van der Waals surface area contributed by atoms with Crippen LogP contribution < -0.4 is 0 Å². The molecule has 0 aliphatic rings. The average Bonchev–Trinajstić information content (AvgIpc) is 2.51. The maximum atomic E-state index is 5.49. The Hall–Kier alpha value is -1.05. The predicted molar refractivity (Wildman–Crippen MR) is 53.7 cm³/mol. The standard InChI is InChI=1S/C11H17NO/c1-4-6-10(7-5-2)11-12-8-9(3)13-11/h4,8,10H,1,5-7H2,2-3H3. The minimum Gasteiger partial charge on any atom is -0.446 e. The van der Waals surface area contributed by atoms with Crippen LogP contribution in [-0.2, 0) is 0 Å². The smallest absolute Gasteiger partial charge is 0.197 e. The molecule has 13 heavy (non-hydrogen) atoms. The van der Waals surface area contributed by atoms with Crippen LogP contribution in [0.2, 0.25) is 0 Å². The minimum absolute atomic E-state index is 0.413. The van der Waals surface area contributed by atoms with Crippen molar-refractivity contribution in [2.45, 2.75) is 39.0 Å². The van der Waals surface area contributed by atoms with E-state index < -0.39 is 0 Å². The van der Waals surface area contributed by atoms with Crippen LogP contribution >= 0.6 is 0 Å². The Morgan fingerprint density at radius 3 is 2.92 bits per heavy atom. The van der Waals surface area contributed by atoms with Gasteiger partial charge in [-0.25, -0.2) is 4.98 Å². The number of nitrogens with zero attached hydrogens (tertiary/aromatic N) is 1. The maximum absolute atomic E-state index is 5.49. The molecule has 0 spiro atoms. The van der Waals surface area contributed by atoms with Gasteiger partial charge in [0.2, 0.25) is 0 Å². The van der Waals surface area contributed by atoms with Gasteiger partial charge in [0.15, 0.2) is 5.89 Å². The summed E-state index contributed by atoms with van der Waals surface area (Å²) in [6.07, 6.45) is 6.93. The summed E-state index contributed by atoms with van der Waals surface area (Å²) in [4.78, 5) is 4.24. The first-order valence-electron chi connectivity index (χ1n) is 4.81. The van der Waals surface area contributed by atoms with E-state index in [-0.39, 0.29) is 0 Å². The molecule has 0 N–H and O–H groups in total. The number of aryl methyl sites for hydroxylation is 1. The molecule has 1 aromatic rings. The molecule has 0 fully saturated rings. The Bertz CT molecular complexity index is 265. The SMILES string of the molecule is C=CCC(CCC)c1ncc(C)o1. The fourth-order valence-electron chi connectivity index (χ4n) is 1.45. The summed E-state index contributed by atoms with van der Waals surface area (Å²) in [5, 5.41) is 0. The van der Waals surface area contributed by atoms with Crippen molar-refractivity contribution in [2.75, 3.05) is 0 Å². The summed E-state index contributed by atoms with van der Waals surface area (Å²) in [7, 11) is 0. The third-order valence-corrected chi connectivity index (χ3v) is 2.08. The topological polar surface area (TPSA) is 26.0 Å². The summed E-state index contributed by atoms with van der Waals surface area (Å²) in [6.45, 7) is 7.84. The largest absolute Gasteiger partial charge is 0.446 e. The highest BCUT2D eigenvalue weighted by atomic mass is 16.4. The molecule has 0 aromatic carbocycles. The Balaban J connectivity index is 2.68. The number of oxazole rings is 1. The molecule has 2 nitrogen and oxygen atoms in total. The maximum Gasteiger partial charge on any atom is 0.197 e. The first-order chi connectivity index (χ1) is 6.27. The van der Waals surface area contributed by atoms with E-state index in [0.717, 1.165) is 30.9 Å². The van der Waals surface area contributed by atoms with Gasteiger partial charge in [-0.15, -0.1) is 6.58 Å². The van der Waals surface area contributed by atoms with Crippen LogP contribution in [0.3, 0.4) is 0 Å². The fraction of sp³-hybridized carbons (Fsp3) is 0.545. The molecule has 2 heteroatoms. The molecule has 1 atom stereocenters. The fourth-order valence-corrected chi connectivity index (χ4v) is 1.45. The summed E-state index contributed by atoms with van der Waals surface area (Å²) >= 11 is 0. The van der Waals surface area contributed by atoms with E-state index >= 15 is 0 Å². The van der Waals surface area contributed by atoms with Gasteiger partial charge in [-0.1, -0.05) is 19.4 Å². The molecule has 0 radical (unpaired) electrons. The number of allylic oxidation sites excluding steroid dienone is 1. The second-order valence-corrected chi connectivity index (χ2v) is 3.32. The van der Waals surface area contributed by atoms with Crippen LogP contribution in [0.25, 0.3) is 0 Å². The van der Waals surface area contributed by atoms with E-state index in [0.29, 0.717) is 5.92 Å². The monoisotopic (exact) mass is 179 g/mol. The lowest BCUT2D eigenvalue weighted by Gasteiger charge is -2.08. The molecule has 72 valence electrons. The lowest BCUT2D eigenvalue weighted by atomic mass is 10.00. The third kappa shape index (κ3) is 2.72. The second-order valence-electron chi connectivity index (χ2n) is 3.32. The number of rotatable bonds is 5. The highest BCUT2D eigenvalue weighted by Gasteiger charge is 2.13. The van der Waals surface area contributed by atoms with Crippen LogP contribution in [0.1, 0.15) is 43.8 Å². The number of hydrogen-bond acceptors (Lipinski definition) is 2. The van der Waals surface area contributed by atoms with Crippen molar-refractivity contribution in [3.63, 3.8) is 0 Å². The van der Waals surface area contributed by atoms with Crippen LogP contribution in [0.15, 0.2) is 23.3 Å². The van der Waals surface area contributed by atoms with Crippen molar-refractivity contribution in [1.82, 2.24) is 4.98 Å². The molecular formula is C11H17NO. The van der Waals surface area contributed by atoms with Gasteiger partial charge < -0.3 is 4.42 Å². The molecule has 0 aliphatic heterocycles. The van der Waals surface area contributed by atoms with Crippen molar-refractivity contribution < 1.29 is 4.42 Å². The molecule has 1 rings (SSSR count). The normalized spacial score (nSPS) is 12.8. The molecule has 0 saturated heterocycles. The van der Waals surface area contributed by atoms with Gasteiger partial charge in [-0.3, -0.25) is 0 Å². The van der Waals surface area contributed by atoms with E-state index in [1.807, 2.05) is 13.0 Å². The predicted octanol–water partition coefficient (Wildman–Crippen LogP) is 3.44. The molecule has 0 saturated carbocycles. The summed E-state index contributed by atoms with van der Waals surface area (Å²) in [5.41, 5.74) is 0. The Morgan fingerprint density at radius 2 is 2.46 bits per heavy atom. The number of aromatic nitrogens is 1. The van der Waals surface area contributed by atoms with Crippen LogP contribution in [0, 0.1) is 6.92 Å². The quantitative estimate of drug-likeness (QED) is 0.647. The van der Waals surface area contributed by atoms with Crippen LogP contribution in [0.4, 0.5) is 0 Å². The number of hydrogen-bond donors (Lipinski definition) is 0. The van der Waals surface area contributed by atoms with Crippen molar-refractivity contribution >= 4 is 0 Å².